The average Bonchev–Trinajstić information content (AvgIpc) is 3.13. The van der Waals surface area contributed by atoms with Gasteiger partial charge in [0.05, 0.1) is 5.52 Å². The van der Waals surface area contributed by atoms with Crippen molar-refractivity contribution < 1.29 is 4.79 Å². The number of likely N-dealkylation sites (N-methyl/N-ethyl adjacent to an activating group) is 1. The SMILES string of the molecule is CCN(CC)C(=O)Nn1cc2c3c(cc(Sc4ccccc4)cc31)[C@H]1CCCN(C)[C@@H]1C2. The molecule has 3 aromatic rings. The molecule has 2 amide bonds. The standard InChI is InChI=1S/C26H32N4OS/c1-4-29(5-2)26(31)27-30-17-18-14-23-21(12-9-13-28(23)3)22-15-20(16-24(30)25(18)22)32-19-10-7-6-8-11-19/h6-8,10-11,15-17,21,23H,4-5,9,12-14H2,1-3H3,(H,27,31)/t21-,23-/m1/s1. The van der Waals surface area contributed by atoms with Crippen molar-refractivity contribution >= 4 is 28.7 Å². The van der Waals surface area contributed by atoms with Crippen molar-refractivity contribution in [2.24, 2.45) is 0 Å². The molecule has 1 aromatic heterocycles. The van der Waals surface area contributed by atoms with Gasteiger partial charge in [-0.05, 0) is 82.1 Å². The summed E-state index contributed by atoms with van der Waals surface area (Å²) in [7, 11) is 2.26. The van der Waals surface area contributed by atoms with Crippen molar-refractivity contribution in [1.82, 2.24) is 14.5 Å². The number of piperidine rings is 1. The van der Waals surface area contributed by atoms with Crippen LogP contribution in [0.25, 0.3) is 10.9 Å². The van der Waals surface area contributed by atoms with Gasteiger partial charge in [0.1, 0.15) is 0 Å². The lowest BCUT2D eigenvalue weighted by atomic mass is 9.75. The van der Waals surface area contributed by atoms with E-state index >= 15 is 0 Å². The summed E-state index contributed by atoms with van der Waals surface area (Å²) in [6, 6.07) is 15.7. The Morgan fingerprint density at radius 2 is 1.94 bits per heavy atom. The molecule has 1 N–H and O–H groups in total. The van der Waals surface area contributed by atoms with Gasteiger partial charge < -0.3 is 9.80 Å². The maximum absolute atomic E-state index is 12.9. The van der Waals surface area contributed by atoms with Crippen molar-refractivity contribution in [3.8, 4) is 0 Å². The Morgan fingerprint density at radius 3 is 2.69 bits per heavy atom. The number of benzene rings is 2. The quantitative estimate of drug-likeness (QED) is 0.558. The van der Waals surface area contributed by atoms with Gasteiger partial charge >= 0.3 is 6.03 Å². The van der Waals surface area contributed by atoms with Crippen LogP contribution in [0.5, 0.6) is 0 Å². The number of nitrogens with zero attached hydrogens (tertiary/aromatic N) is 3. The monoisotopic (exact) mass is 448 g/mol. The highest BCUT2D eigenvalue weighted by Gasteiger charge is 2.37. The number of likely N-dealkylation sites (tertiary alicyclic amines) is 1. The molecular formula is C26H32N4OS. The zero-order valence-electron chi connectivity index (χ0n) is 19.2. The number of aromatic nitrogens is 1. The van der Waals surface area contributed by atoms with E-state index in [-0.39, 0.29) is 6.03 Å². The highest BCUT2D eigenvalue weighted by Crippen LogP contribution is 2.45. The summed E-state index contributed by atoms with van der Waals surface area (Å²) in [5.41, 5.74) is 7.08. The van der Waals surface area contributed by atoms with Crippen LogP contribution < -0.4 is 5.43 Å². The lowest BCUT2D eigenvalue weighted by Gasteiger charge is -2.42. The van der Waals surface area contributed by atoms with Crippen molar-refractivity contribution in [1.29, 1.82) is 0 Å². The summed E-state index contributed by atoms with van der Waals surface area (Å²) >= 11 is 1.80. The lowest BCUT2D eigenvalue weighted by Crippen LogP contribution is -2.44. The number of urea groups is 1. The molecule has 32 heavy (non-hydrogen) atoms. The van der Waals surface area contributed by atoms with Gasteiger partial charge in [-0.3, -0.25) is 4.68 Å². The highest BCUT2D eigenvalue weighted by molar-refractivity contribution is 7.99. The third kappa shape index (κ3) is 3.80. The first-order chi connectivity index (χ1) is 15.6. The number of carbonyl (C=O) groups excluding carboxylic acids is 1. The van der Waals surface area contributed by atoms with E-state index in [1.165, 1.54) is 39.1 Å². The molecule has 0 unspecified atom stereocenters. The van der Waals surface area contributed by atoms with Crippen LogP contribution in [0.15, 0.2) is 58.5 Å². The number of hydrogen-bond acceptors (Lipinski definition) is 3. The molecule has 2 aliphatic rings. The smallest absolute Gasteiger partial charge is 0.324 e. The van der Waals surface area contributed by atoms with Gasteiger partial charge in [0.2, 0.25) is 0 Å². The van der Waals surface area contributed by atoms with E-state index in [1.807, 2.05) is 23.4 Å². The number of amides is 2. The molecule has 1 aliphatic carbocycles. The normalized spacial score (nSPS) is 20.2. The fourth-order valence-corrected chi connectivity index (χ4v) is 6.39. The average molecular weight is 449 g/mol. The van der Waals surface area contributed by atoms with Gasteiger partial charge in [-0.1, -0.05) is 30.0 Å². The van der Waals surface area contributed by atoms with Gasteiger partial charge in [-0.25, -0.2) is 10.2 Å². The predicted molar refractivity (Wildman–Crippen MR) is 132 cm³/mol. The van der Waals surface area contributed by atoms with Crippen LogP contribution in [0.1, 0.15) is 43.7 Å². The van der Waals surface area contributed by atoms with Crippen LogP contribution in [0, 0.1) is 0 Å². The Bertz CT molecular complexity index is 1120. The van der Waals surface area contributed by atoms with Gasteiger partial charge in [-0.2, -0.15) is 0 Å². The molecule has 1 saturated heterocycles. The van der Waals surface area contributed by atoms with Crippen LogP contribution in [-0.4, -0.2) is 53.2 Å². The second-order valence-electron chi connectivity index (χ2n) is 8.94. The van der Waals surface area contributed by atoms with E-state index in [1.54, 1.807) is 11.8 Å². The number of fused-ring (bicyclic) bond motifs is 2. The second kappa shape index (κ2) is 8.83. The summed E-state index contributed by atoms with van der Waals surface area (Å²) < 4.78 is 1.97. The molecule has 168 valence electrons. The Hall–Kier alpha value is -2.44. The third-order valence-corrected chi connectivity index (χ3v) is 8.10. The number of rotatable bonds is 5. The van der Waals surface area contributed by atoms with E-state index in [0.717, 1.165) is 18.5 Å². The Labute approximate surface area is 194 Å². The van der Waals surface area contributed by atoms with Crippen molar-refractivity contribution in [2.45, 2.75) is 54.9 Å². The maximum atomic E-state index is 12.9. The molecule has 0 bridgehead atoms. The van der Waals surface area contributed by atoms with E-state index in [4.69, 9.17) is 0 Å². The van der Waals surface area contributed by atoms with Gasteiger partial charge in [-0.15, -0.1) is 0 Å². The minimum atomic E-state index is -0.0464. The van der Waals surface area contributed by atoms with Crippen LogP contribution >= 0.6 is 11.8 Å². The first-order valence-corrected chi connectivity index (χ1v) is 12.6. The third-order valence-electron chi connectivity index (χ3n) is 7.12. The fourth-order valence-electron chi connectivity index (χ4n) is 5.47. The van der Waals surface area contributed by atoms with Crippen LogP contribution in [0.3, 0.4) is 0 Å². The largest absolute Gasteiger partial charge is 0.336 e. The van der Waals surface area contributed by atoms with E-state index in [2.05, 4.69) is 66.0 Å². The van der Waals surface area contributed by atoms with Crippen LogP contribution in [0.4, 0.5) is 4.79 Å². The molecule has 5 nitrogen and oxygen atoms in total. The Morgan fingerprint density at radius 1 is 1.16 bits per heavy atom. The number of carbonyl (C=O) groups is 1. The lowest BCUT2D eigenvalue weighted by molar-refractivity contribution is 0.157. The van der Waals surface area contributed by atoms with Gasteiger partial charge in [0.15, 0.2) is 0 Å². The van der Waals surface area contributed by atoms with Crippen molar-refractivity contribution in [3.63, 3.8) is 0 Å². The van der Waals surface area contributed by atoms with Crippen molar-refractivity contribution in [3.05, 3.63) is 59.8 Å². The molecule has 0 spiro atoms. The summed E-state index contributed by atoms with van der Waals surface area (Å²) in [5.74, 6) is 0.550. The zero-order valence-corrected chi connectivity index (χ0v) is 20.0. The minimum Gasteiger partial charge on any atom is -0.324 e. The van der Waals surface area contributed by atoms with Crippen molar-refractivity contribution in [2.75, 3.05) is 32.1 Å². The summed E-state index contributed by atoms with van der Waals surface area (Å²) in [4.78, 5) is 19.7. The molecular weight excluding hydrogens is 416 g/mol. The molecule has 2 aromatic carbocycles. The summed E-state index contributed by atoms with van der Waals surface area (Å²) in [6.45, 7) is 6.60. The van der Waals surface area contributed by atoms with E-state index in [9.17, 15) is 4.79 Å². The first-order valence-electron chi connectivity index (χ1n) is 11.8. The number of hydrogen-bond donors (Lipinski definition) is 1. The summed E-state index contributed by atoms with van der Waals surface area (Å²) in [6.07, 6.45) is 5.68. The van der Waals surface area contributed by atoms with Crippen LogP contribution in [0.2, 0.25) is 0 Å². The molecule has 5 rings (SSSR count). The molecule has 0 saturated carbocycles. The molecule has 0 radical (unpaired) electrons. The highest BCUT2D eigenvalue weighted by atomic mass is 32.2. The Balaban J connectivity index is 1.61. The zero-order chi connectivity index (χ0) is 22.2. The second-order valence-corrected chi connectivity index (χ2v) is 10.1. The molecule has 1 aliphatic heterocycles. The van der Waals surface area contributed by atoms with E-state index < -0.39 is 0 Å². The minimum absolute atomic E-state index is 0.0464. The maximum Gasteiger partial charge on any atom is 0.336 e. The predicted octanol–water partition coefficient (Wildman–Crippen LogP) is 5.53. The Kier molecular flexibility index (Phi) is 5.91. The van der Waals surface area contributed by atoms with Gasteiger partial charge in [0, 0.05) is 46.4 Å². The summed E-state index contributed by atoms with van der Waals surface area (Å²) in [5, 5.41) is 1.35. The molecule has 6 heteroatoms. The molecule has 2 atom stereocenters. The van der Waals surface area contributed by atoms with E-state index in [0.29, 0.717) is 25.0 Å². The fraction of sp³-hybridized carbons (Fsp3) is 0.423. The first kappa shape index (κ1) is 21.4. The molecule has 1 fully saturated rings. The number of nitrogens with one attached hydrogen (secondary N) is 1. The topological polar surface area (TPSA) is 40.5 Å². The van der Waals surface area contributed by atoms with Gasteiger partial charge in [0.25, 0.3) is 0 Å². The molecule has 2 heterocycles. The van der Waals surface area contributed by atoms with Crippen LogP contribution in [-0.2, 0) is 6.42 Å².